The van der Waals surface area contributed by atoms with Crippen LogP contribution in [0.25, 0.3) is 0 Å². The van der Waals surface area contributed by atoms with Gasteiger partial charge in [-0.25, -0.2) is 4.98 Å². The van der Waals surface area contributed by atoms with Gasteiger partial charge in [-0.3, -0.25) is 0 Å². The number of nitrogens with one attached hydrogen (secondary N) is 2. The fourth-order valence-corrected chi connectivity index (χ4v) is 2.78. The second-order valence-corrected chi connectivity index (χ2v) is 6.12. The standard InChI is InChI=1S/C21H21N5/c1-4-17-7-5-6-14(2)20(17)26-21-23-15(3)12-19(25-21)24-18-10-8-16(13-22)9-11-18/h5-12H,4H2,1-3H3,(H2,23,24,25,26). The Bertz CT molecular complexity index is 955. The van der Waals surface area contributed by atoms with Crippen LogP contribution in [-0.4, -0.2) is 9.97 Å². The molecule has 0 amide bonds. The Hall–Kier alpha value is -3.39. The van der Waals surface area contributed by atoms with Gasteiger partial charge < -0.3 is 10.6 Å². The molecule has 0 saturated carbocycles. The van der Waals surface area contributed by atoms with Crippen molar-refractivity contribution in [2.75, 3.05) is 10.6 Å². The minimum atomic E-state index is 0.560. The second-order valence-electron chi connectivity index (χ2n) is 6.12. The summed E-state index contributed by atoms with van der Waals surface area (Å²) in [5.41, 5.74) is 5.82. The lowest BCUT2D eigenvalue weighted by Gasteiger charge is -2.14. The molecule has 0 bridgehead atoms. The molecule has 3 rings (SSSR count). The number of para-hydroxylation sites is 1. The molecule has 3 aromatic rings. The summed E-state index contributed by atoms with van der Waals surface area (Å²) >= 11 is 0. The number of nitrogens with zero attached hydrogens (tertiary/aromatic N) is 3. The number of hydrogen-bond donors (Lipinski definition) is 2. The zero-order valence-corrected chi connectivity index (χ0v) is 15.2. The Morgan fingerprint density at radius 1 is 1.00 bits per heavy atom. The topological polar surface area (TPSA) is 73.6 Å². The number of rotatable bonds is 5. The maximum atomic E-state index is 8.90. The fourth-order valence-electron chi connectivity index (χ4n) is 2.78. The molecular formula is C21H21N5. The molecule has 0 aliphatic rings. The van der Waals surface area contributed by atoms with Crippen molar-refractivity contribution in [3.8, 4) is 6.07 Å². The van der Waals surface area contributed by atoms with Crippen LogP contribution in [0, 0.1) is 25.2 Å². The van der Waals surface area contributed by atoms with Crippen LogP contribution in [-0.2, 0) is 6.42 Å². The highest BCUT2D eigenvalue weighted by atomic mass is 15.1. The number of hydrogen-bond acceptors (Lipinski definition) is 5. The Labute approximate surface area is 153 Å². The van der Waals surface area contributed by atoms with Crippen LogP contribution in [0.4, 0.5) is 23.1 Å². The third-order valence-electron chi connectivity index (χ3n) is 4.12. The maximum absolute atomic E-state index is 8.90. The number of nitriles is 1. The molecule has 0 atom stereocenters. The minimum absolute atomic E-state index is 0.560. The SMILES string of the molecule is CCc1cccc(C)c1Nc1nc(C)cc(Nc2ccc(C#N)cc2)n1. The lowest BCUT2D eigenvalue weighted by Crippen LogP contribution is -2.05. The summed E-state index contributed by atoms with van der Waals surface area (Å²) in [6, 6.07) is 17.5. The van der Waals surface area contributed by atoms with E-state index in [2.05, 4.69) is 58.7 Å². The summed E-state index contributed by atoms with van der Waals surface area (Å²) in [4.78, 5) is 9.09. The number of aryl methyl sites for hydroxylation is 3. The van der Waals surface area contributed by atoms with Gasteiger partial charge in [0.25, 0.3) is 0 Å². The van der Waals surface area contributed by atoms with Crippen molar-refractivity contribution in [1.29, 1.82) is 5.26 Å². The highest BCUT2D eigenvalue weighted by molar-refractivity contribution is 5.65. The first-order chi connectivity index (χ1) is 12.6. The smallest absolute Gasteiger partial charge is 0.229 e. The van der Waals surface area contributed by atoms with Crippen LogP contribution in [0.15, 0.2) is 48.5 Å². The number of aromatic nitrogens is 2. The van der Waals surface area contributed by atoms with Gasteiger partial charge >= 0.3 is 0 Å². The Balaban J connectivity index is 1.87. The predicted molar refractivity (Wildman–Crippen MR) is 105 cm³/mol. The van der Waals surface area contributed by atoms with E-state index in [0.717, 1.165) is 29.1 Å². The molecule has 0 aliphatic carbocycles. The number of anilines is 4. The molecule has 26 heavy (non-hydrogen) atoms. The minimum Gasteiger partial charge on any atom is -0.340 e. The summed E-state index contributed by atoms with van der Waals surface area (Å²) in [7, 11) is 0. The van der Waals surface area contributed by atoms with E-state index in [1.807, 2.05) is 25.1 Å². The van der Waals surface area contributed by atoms with Gasteiger partial charge in [-0.15, -0.1) is 0 Å². The Morgan fingerprint density at radius 2 is 1.77 bits per heavy atom. The quantitative estimate of drug-likeness (QED) is 0.681. The van der Waals surface area contributed by atoms with Gasteiger partial charge in [0.1, 0.15) is 5.82 Å². The molecule has 1 aromatic heterocycles. The molecule has 0 spiro atoms. The van der Waals surface area contributed by atoms with Gasteiger partial charge in [0.2, 0.25) is 5.95 Å². The van der Waals surface area contributed by atoms with Gasteiger partial charge in [0, 0.05) is 23.1 Å². The second kappa shape index (κ2) is 7.66. The van der Waals surface area contributed by atoms with E-state index >= 15 is 0 Å². The molecule has 0 saturated heterocycles. The van der Waals surface area contributed by atoms with Gasteiger partial charge in [0.15, 0.2) is 0 Å². The fraction of sp³-hybridized carbons (Fsp3) is 0.190. The van der Waals surface area contributed by atoms with Crippen molar-refractivity contribution in [1.82, 2.24) is 9.97 Å². The van der Waals surface area contributed by atoms with Crippen molar-refractivity contribution >= 4 is 23.1 Å². The first-order valence-electron chi connectivity index (χ1n) is 8.57. The average molecular weight is 343 g/mol. The molecule has 5 nitrogen and oxygen atoms in total. The van der Waals surface area contributed by atoms with Crippen molar-refractivity contribution in [3.63, 3.8) is 0 Å². The first kappa shape index (κ1) is 17.4. The molecule has 2 N–H and O–H groups in total. The van der Waals surface area contributed by atoms with Crippen LogP contribution < -0.4 is 10.6 Å². The van der Waals surface area contributed by atoms with E-state index in [9.17, 15) is 0 Å². The summed E-state index contributed by atoms with van der Waals surface area (Å²) in [6.45, 7) is 6.15. The lowest BCUT2D eigenvalue weighted by atomic mass is 10.1. The Morgan fingerprint density at radius 3 is 2.46 bits per heavy atom. The molecule has 0 fully saturated rings. The van der Waals surface area contributed by atoms with Crippen LogP contribution in [0.2, 0.25) is 0 Å². The maximum Gasteiger partial charge on any atom is 0.229 e. The van der Waals surface area contributed by atoms with Gasteiger partial charge in [-0.2, -0.15) is 10.2 Å². The van der Waals surface area contributed by atoms with Crippen molar-refractivity contribution in [2.24, 2.45) is 0 Å². The van der Waals surface area contributed by atoms with Crippen LogP contribution >= 0.6 is 0 Å². The molecule has 2 aromatic carbocycles. The highest BCUT2D eigenvalue weighted by Crippen LogP contribution is 2.25. The summed E-state index contributed by atoms with van der Waals surface area (Å²) in [6.07, 6.45) is 0.937. The third kappa shape index (κ3) is 3.98. The lowest BCUT2D eigenvalue weighted by molar-refractivity contribution is 1.09. The average Bonchev–Trinajstić information content (AvgIpc) is 2.63. The zero-order chi connectivity index (χ0) is 18.5. The molecule has 1 heterocycles. The van der Waals surface area contributed by atoms with Gasteiger partial charge in [-0.1, -0.05) is 25.1 Å². The monoisotopic (exact) mass is 343 g/mol. The largest absolute Gasteiger partial charge is 0.340 e. The first-order valence-corrected chi connectivity index (χ1v) is 8.57. The Kier molecular flexibility index (Phi) is 5.14. The van der Waals surface area contributed by atoms with Crippen molar-refractivity contribution in [3.05, 3.63) is 70.9 Å². The molecule has 130 valence electrons. The van der Waals surface area contributed by atoms with Crippen molar-refractivity contribution in [2.45, 2.75) is 27.2 Å². The number of benzene rings is 2. The molecule has 5 heteroatoms. The van der Waals surface area contributed by atoms with Gasteiger partial charge in [0.05, 0.1) is 11.6 Å². The van der Waals surface area contributed by atoms with E-state index < -0.39 is 0 Å². The molecule has 0 aliphatic heterocycles. The third-order valence-corrected chi connectivity index (χ3v) is 4.12. The van der Waals surface area contributed by atoms with E-state index in [0.29, 0.717) is 17.3 Å². The van der Waals surface area contributed by atoms with E-state index in [1.54, 1.807) is 12.1 Å². The molecule has 0 unspecified atom stereocenters. The molecular weight excluding hydrogens is 322 g/mol. The van der Waals surface area contributed by atoms with Crippen LogP contribution in [0.5, 0.6) is 0 Å². The normalized spacial score (nSPS) is 10.2. The van der Waals surface area contributed by atoms with E-state index in [4.69, 9.17) is 5.26 Å². The van der Waals surface area contributed by atoms with Crippen LogP contribution in [0.3, 0.4) is 0 Å². The zero-order valence-electron chi connectivity index (χ0n) is 15.2. The van der Waals surface area contributed by atoms with Gasteiger partial charge in [-0.05, 0) is 55.7 Å². The van der Waals surface area contributed by atoms with Crippen LogP contribution in [0.1, 0.15) is 29.3 Å². The summed E-state index contributed by atoms with van der Waals surface area (Å²) in [5.74, 6) is 1.27. The highest BCUT2D eigenvalue weighted by Gasteiger charge is 2.08. The molecule has 0 radical (unpaired) electrons. The van der Waals surface area contributed by atoms with E-state index in [-0.39, 0.29) is 0 Å². The predicted octanol–water partition coefficient (Wildman–Crippen LogP) is 5.01. The summed E-state index contributed by atoms with van der Waals surface area (Å²) in [5, 5.41) is 15.5. The van der Waals surface area contributed by atoms with E-state index in [1.165, 1.54) is 5.56 Å². The summed E-state index contributed by atoms with van der Waals surface area (Å²) < 4.78 is 0. The van der Waals surface area contributed by atoms with Crippen molar-refractivity contribution < 1.29 is 0 Å².